The zero-order valence-electron chi connectivity index (χ0n) is 17.0. The smallest absolute Gasteiger partial charge is 0.150 e. The molecule has 3 aromatic rings. The van der Waals surface area contributed by atoms with Crippen LogP contribution in [0.1, 0.15) is 35.4 Å². The number of halogens is 1. The van der Waals surface area contributed by atoms with Crippen LogP contribution in [-0.2, 0) is 0 Å². The average molecular weight is 443 g/mol. The van der Waals surface area contributed by atoms with Crippen molar-refractivity contribution in [2.75, 3.05) is 24.6 Å². The molecular formula is C22H27BrN4O. The summed E-state index contributed by atoms with van der Waals surface area (Å²) in [6.07, 6.45) is 4.34. The van der Waals surface area contributed by atoms with Crippen LogP contribution >= 0.6 is 15.9 Å². The zero-order valence-corrected chi connectivity index (χ0v) is 18.5. The molecule has 5 nitrogen and oxygen atoms in total. The van der Waals surface area contributed by atoms with E-state index in [4.69, 9.17) is 9.97 Å². The first-order valence-electron chi connectivity index (χ1n) is 9.88. The van der Waals surface area contributed by atoms with Gasteiger partial charge in [-0.3, -0.25) is 0 Å². The Balaban J connectivity index is 1.92. The summed E-state index contributed by atoms with van der Waals surface area (Å²) >= 11 is 3.60. The van der Waals surface area contributed by atoms with Crippen LogP contribution in [0.25, 0.3) is 16.7 Å². The minimum atomic E-state index is 0.237. The molecule has 0 radical (unpaired) electrons. The molecule has 0 saturated carbocycles. The first kappa shape index (κ1) is 19.4. The van der Waals surface area contributed by atoms with Gasteiger partial charge in [-0.2, -0.15) is 0 Å². The number of aryl methyl sites for hydroxylation is 4. The lowest BCUT2D eigenvalue weighted by molar-refractivity contribution is 0.208. The lowest BCUT2D eigenvalue weighted by Crippen LogP contribution is -2.37. The number of benzene rings is 1. The molecule has 1 saturated heterocycles. The maximum atomic E-state index is 9.65. The second-order valence-electron chi connectivity index (χ2n) is 8.00. The normalized spacial score (nSPS) is 17.5. The van der Waals surface area contributed by atoms with Gasteiger partial charge in [0, 0.05) is 30.4 Å². The van der Waals surface area contributed by atoms with Crippen LogP contribution in [0, 0.1) is 33.6 Å². The van der Waals surface area contributed by atoms with Gasteiger partial charge in [0.25, 0.3) is 0 Å². The lowest BCUT2D eigenvalue weighted by atomic mass is 9.99. The Hall–Kier alpha value is -1.92. The molecule has 3 heterocycles. The molecule has 1 aliphatic rings. The fourth-order valence-corrected chi connectivity index (χ4v) is 5.17. The lowest BCUT2D eigenvalue weighted by Gasteiger charge is -2.33. The highest BCUT2D eigenvalue weighted by Gasteiger charge is 2.25. The number of nitrogens with zero attached hydrogens (tertiary/aromatic N) is 4. The van der Waals surface area contributed by atoms with Crippen molar-refractivity contribution in [2.45, 2.75) is 40.5 Å². The second kappa shape index (κ2) is 7.48. The van der Waals surface area contributed by atoms with Crippen molar-refractivity contribution in [2.24, 2.45) is 5.92 Å². The Morgan fingerprint density at radius 2 is 1.82 bits per heavy atom. The first-order valence-corrected chi connectivity index (χ1v) is 10.7. The summed E-state index contributed by atoms with van der Waals surface area (Å²) in [6.45, 7) is 10.4. The quantitative estimate of drug-likeness (QED) is 0.642. The molecule has 0 amide bonds. The highest BCUT2D eigenvalue weighted by Crippen LogP contribution is 2.35. The average Bonchev–Trinajstić information content (AvgIpc) is 2.96. The van der Waals surface area contributed by atoms with Gasteiger partial charge in [0.15, 0.2) is 5.65 Å². The summed E-state index contributed by atoms with van der Waals surface area (Å²) in [5.41, 5.74) is 5.73. The van der Waals surface area contributed by atoms with E-state index in [1.807, 2.05) is 6.92 Å². The molecule has 0 aliphatic carbocycles. The van der Waals surface area contributed by atoms with Crippen molar-refractivity contribution in [3.8, 4) is 5.69 Å². The summed E-state index contributed by atoms with van der Waals surface area (Å²) in [4.78, 5) is 12.0. The topological polar surface area (TPSA) is 54.2 Å². The molecule has 1 aromatic carbocycles. The third kappa shape index (κ3) is 3.33. The van der Waals surface area contributed by atoms with Gasteiger partial charge in [-0.25, -0.2) is 9.97 Å². The van der Waals surface area contributed by atoms with E-state index in [0.717, 1.165) is 53.1 Å². The van der Waals surface area contributed by atoms with Crippen molar-refractivity contribution >= 4 is 32.8 Å². The van der Waals surface area contributed by atoms with Crippen LogP contribution in [-0.4, -0.2) is 39.3 Å². The van der Waals surface area contributed by atoms with E-state index < -0.39 is 0 Å². The molecule has 1 atom stereocenters. The number of piperidine rings is 1. The van der Waals surface area contributed by atoms with Crippen LogP contribution in [0.3, 0.4) is 0 Å². The minimum Gasteiger partial charge on any atom is -0.396 e. The summed E-state index contributed by atoms with van der Waals surface area (Å²) in [7, 11) is 0. The zero-order chi connectivity index (χ0) is 20.0. The highest BCUT2D eigenvalue weighted by atomic mass is 79.9. The van der Waals surface area contributed by atoms with Gasteiger partial charge in [-0.15, -0.1) is 0 Å². The third-order valence-electron chi connectivity index (χ3n) is 5.70. The van der Waals surface area contributed by atoms with Crippen LogP contribution in [0.5, 0.6) is 0 Å². The van der Waals surface area contributed by atoms with E-state index in [-0.39, 0.29) is 6.61 Å². The van der Waals surface area contributed by atoms with Gasteiger partial charge in [0.2, 0.25) is 0 Å². The fraction of sp³-hybridized carbons (Fsp3) is 0.455. The van der Waals surface area contributed by atoms with Crippen LogP contribution in [0.4, 0.5) is 5.82 Å². The number of aromatic nitrogens is 3. The molecule has 148 valence electrons. The van der Waals surface area contributed by atoms with Crippen molar-refractivity contribution < 1.29 is 5.11 Å². The Labute approximate surface area is 174 Å². The van der Waals surface area contributed by atoms with E-state index >= 15 is 0 Å². The Morgan fingerprint density at radius 3 is 2.50 bits per heavy atom. The van der Waals surface area contributed by atoms with Gasteiger partial charge in [-0.1, -0.05) is 15.9 Å². The number of fused-ring (bicyclic) bond motifs is 1. The molecule has 0 bridgehead atoms. The third-order valence-corrected chi connectivity index (χ3v) is 6.16. The largest absolute Gasteiger partial charge is 0.396 e. The fourth-order valence-electron chi connectivity index (χ4n) is 4.48. The van der Waals surface area contributed by atoms with Gasteiger partial charge in [0.05, 0.1) is 11.1 Å². The molecule has 6 heteroatoms. The highest BCUT2D eigenvalue weighted by molar-refractivity contribution is 9.10. The monoisotopic (exact) mass is 442 g/mol. The van der Waals surface area contributed by atoms with Gasteiger partial charge < -0.3 is 14.6 Å². The van der Waals surface area contributed by atoms with Crippen molar-refractivity contribution in [3.05, 3.63) is 45.3 Å². The summed E-state index contributed by atoms with van der Waals surface area (Å²) in [5.74, 6) is 2.10. The van der Waals surface area contributed by atoms with Crippen LogP contribution in [0.2, 0.25) is 0 Å². The number of aliphatic hydroxyl groups excluding tert-OH is 1. The summed E-state index contributed by atoms with van der Waals surface area (Å²) in [6, 6.07) is 4.30. The number of hydrogen-bond donors (Lipinski definition) is 1. The number of hydrogen-bond acceptors (Lipinski definition) is 4. The van der Waals surface area contributed by atoms with E-state index in [1.54, 1.807) is 0 Å². The Morgan fingerprint density at radius 1 is 1.11 bits per heavy atom. The molecule has 1 aliphatic heterocycles. The predicted molar refractivity (Wildman–Crippen MR) is 118 cm³/mol. The summed E-state index contributed by atoms with van der Waals surface area (Å²) < 4.78 is 3.31. The maximum absolute atomic E-state index is 9.65. The molecule has 2 aromatic heterocycles. The number of aliphatic hydroxyl groups is 1. The molecule has 0 spiro atoms. The van der Waals surface area contributed by atoms with Crippen molar-refractivity contribution in [1.82, 2.24) is 14.5 Å². The van der Waals surface area contributed by atoms with E-state index in [9.17, 15) is 5.11 Å². The minimum absolute atomic E-state index is 0.237. The molecule has 1 fully saturated rings. The number of rotatable bonds is 3. The van der Waals surface area contributed by atoms with Crippen LogP contribution < -0.4 is 4.90 Å². The standard InChI is InChI=1S/C22H27BrN4O/c1-13-8-18(23)9-14(2)20(13)27-10-15(3)19-21(24-16(4)25-22(19)27)26-7-5-6-17(11-26)12-28/h8-10,17,28H,5-7,11-12H2,1-4H3. The van der Waals surface area contributed by atoms with E-state index in [2.05, 4.69) is 64.5 Å². The molecule has 1 unspecified atom stereocenters. The van der Waals surface area contributed by atoms with Gasteiger partial charge in [0.1, 0.15) is 11.6 Å². The van der Waals surface area contributed by atoms with E-state index in [0.29, 0.717) is 5.92 Å². The molecular weight excluding hydrogens is 416 g/mol. The SMILES string of the molecule is Cc1nc(N2CCCC(CO)C2)c2c(C)cn(-c3c(C)cc(Br)cc3C)c2n1. The molecule has 28 heavy (non-hydrogen) atoms. The van der Waals surface area contributed by atoms with E-state index in [1.165, 1.54) is 22.4 Å². The first-order chi connectivity index (χ1) is 13.4. The Bertz CT molecular complexity index is 1020. The number of anilines is 1. The van der Waals surface area contributed by atoms with Crippen LogP contribution in [0.15, 0.2) is 22.8 Å². The maximum Gasteiger partial charge on any atom is 0.150 e. The van der Waals surface area contributed by atoms with Crippen molar-refractivity contribution in [3.63, 3.8) is 0 Å². The predicted octanol–water partition coefficient (Wildman–Crippen LogP) is 4.63. The van der Waals surface area contributed by atoms with Crippen molar-refractivity contribution in [1.29, 1.82) is 0 Å². The van der Waals surface area contributed by atoms with Gasteiger partial charge >= 0.3 is 0 Å². The molecule has 4 rings (SSSR count). The Kier molecular flexibility index (Phi) is 5.19. The second-order valence-corrected chi connectivity index (χ2v) is 8.92. The van der Waals surface area contributed by atoms with Gasteiger partial charge in [-0.05, 0) is 75.3 Å². The summed E-state index contributed by atoms with van der Waals surface area (Å²) in [5, 5.41) is 10.8. The molecule has 1 N–H and O–H groups in total.